The minimum absolute atomic E-state index is 0. The van der Waals surface area contributed by atoms with Gasteiger partial charge in [-0.1, -0.05) is 72.8 Å². The van der Waals surface area contributed by atoms with Crippen molar-refractivity contribution in [3.63, 3.8) is 0 Å². The number of hydrogen-bond donors (Lipinski definition) is 2. The molecular weight excluding hydrogens is 386 g/mol. The third-order valence-electron chi connectivity index (χ3n) is 4.83. The molecule has 0 aliphatic rings. The van der Waals surface area contributed by atoms with Crippen LogP contribution >= 0.6 is 0 Å². The van der Waals surface area contributed by atoms with Gasteiger partial charge in [-0.3, -0.25) is 0 Å². The normalized spacial score (nSPS) is 10.7. The van der Waals surface area contributed by atoms with Crippen molar-refractivity contribution in [1.29, 1.82) is 0 Å². The minimum Gasteiger partial charge on any atom is -0.355 e. The number of rotatable bonds is 0. The smallest absolute Gasteiger partial charge is 0.0464 e. The fourth-order valence-corrected chi connectivity index (χ4v) is 3.60. The summed E-state index contributed by atoms with van der Waals surface area (Å²) in [4.78, 5) is 6.76. The van der Waals surface area contributed by atoms with Crippen LogP contribution in [0.1, 0.15) is 0 Å². The number of aromatic amines is 2. The molecule has 130 valence electrons. The zero-order chi connectivity index (χ0) is 17.3. The van der Waals surface area contributed by atoms with Gasteiger partial charge in [0.15, 0.2) is 0 Å². The molecule has 2 N–H and O–H groups in total. The molecule has 27 heavy (non-hydrogen) atoms. The summed E-state index contributed by atoms with van der Waals surface area (Å²) in [6.45, 7) is 0. The molecule has 0 spiro atoms. The molecule has 0 saturated carbocycles. The van der Waals surface area contributed by atoms with Gasteiger partial charge in [-0.15, -0.1) is 0 Å². The first kappa shape index (κ1) is 17.5. The van der Waals surface area contributed by atoms with Gasteiger partial charge in [0.2, 0.25) is 0 Å². The van der Waals surface area contributed by atoms with Crippen LogP contribution < -0.4 is 0 Å². The molecule has 0 fully saturated rings. The molecule has 0 aliphatic heterocycles. The van der Waals surface area contributed by atoms with Crippen LogP contribution in [0.3, 0.4) is 0 Å². The maximum atomic E-state index is 3.38. The fourth-order valence-electron chi connectivity index (χ4n) is 3.60. The average Bonchev–Trinajstić information content (AvgIpc) is 3.27. The van der Waals surface area contributed by atoms with E-state index >= 15 is 0 Å². The van der Waals surface area contributed by atoms with Gasteiger partial charge in [-0.25, -0.2) is 0 Å². The Hall–Kier alpha value is -2.88. The summed E-state index contributed by atoms with van der Waals surface area (Å²) in [5.41, 5.74) is 4.85. The van der Waals surface area contributed by atoms with Crippen LogP contribution in [0.25, 0.3) is 43.6 Å². The van der Waals surface area contributed by atoms with E-state index < -0.39 is 0 Å². The summed E-state index contributed by atoms with van der Waals surface area (Å²) in [6, 6.07) is 33.5. The van der Waals surface area contributed by atoms with Gasteiger partial charge in [0, 0.05) is 43.6 Å². The van der Waals surface area contributed by atoms with Crippen LogP contribution in [0.5, 0.6) is 0 Å². The summed E-state index contributed by atoms with van der Waals surface area (Å²) < 4.78 is 0. The van der Waals surface area contributed by atoms with Crippen LogP contribution in [0.4, 0.5) is 0 Å². The number of benzene rings is 4. The Balaban J connectivity index is 0.000000129. The predicted molar refractivity (Wildman–Crippen MR) is 122 cm³/mol. The summed E-state index contributed by atoms with van der Waals surface area (Å²) in [5.74, 6) is 0. The third kappa shape index (κ3) is 3.16. The molecule has 0 radical (unpaired) electrons. The van der Waals surface area contributed by atoms with Gasteiger partial charge in [-0.05, 0) is 24.3 Å². The molecule has 2 heterocycles. The van der Waals surface area contributed by atoms with Crippen molar-refractivity contribution in [2.45, 2.75) is 0 Å². The number of fused-ring (bicyclic) bond motifs is 6. The molecule has 3 heteroatoms. The Kier molecular flexibility index (Phi) is 4.80. The zero-order valence-electron chi connectivity index (χ0n) is 14.2. The molecule has 0 bridgehead atoms. The molecule has 0 saturated heterocycles. The summed E-state index contributed by atoms with van der Waals surface area (Å²) in [5, 5.41) is 5.22. The van der Waals surface area contributed by atoms with Crippen molar-refractivity contribution in [2.24, 2.45) is 0 Å². The van der Waals surface area contributed by atoms with Gasteiger partial charge in [0.05, 0.1) is 0 Å². The largest absolute Gasteiger partial charge is 0.355 e. The van der Waals surface area contributed by atoms with Gasteiger partial charge >= 0.3 is 19.8 Å². The molecule has 2 aromatic heterocycles. The van der Waals surface area contributed by atoms with Gasteiger partial charge in [-0.2, -0.15) is 0 Å². The van der Waals surface area contributed by atoms with E-state index in [-0.39, 0.29) is 19.8 Å². The second-order valence-corrected chi connectivity index (χ2v) is 6.43. The number of para-hydroxylation sites is 4. The SMILES string of the molecule is [GaH3].c1ccc2c(c1)[nH]c1ccccc12.c1ccc2c(c1)[nH]c1ccccc12. The quantitative estimate of drug-likeness (QED) is 0.314. The Morgan fingerprint density at radius 3 is 0.815 bits per heavy atom. The molecule has 0 unspecified atom stereocenters. The van der Waals surface area contributed by atoms with E-state index in [0.29, 0.717) is 0 Å². The summed E-state index contributed by atoms with van der Waals surface area (Å²) >= 11 is 0. The zero-order valence-corrected chi connectivity index (χ0v) is 14.2. The molecule has 0 atom stereocenters. The first-order valence-corrected chi connectivity index (χ1v) is 8.81. The monoisotopic (exact) mass is 406 g/mol. The number of nitrogens with one attached hydrogen (secondary N) is 2. The first-order valence-electron chi connectivity index (χ1n) is 8.81. The number of hydrogen-bond acceptors (Lipinski definition) is 0. The van der Waals surface area contributed by atoms with E-state index in [1.807, 2.05) is 0 Å². The van der Waals surface area contributed by atoms with Gasteiger partial charge in [0.1, 0.15) is 0 Å². The summed E-state index contributed by atoms with van der Waals surface area (Å²) in [6.07, 6.45) is 0. The van der Waals surface area contributed by atoms with Crippen molar-refractivity contribution < 1.29 is 0 Å². The van der Waals surface area contributed by atoms with Crippen molar-refractivity contribution >= 4 is 63.4 Å². The van der Waals surface area contributed by atoms with E-state index in [0.717, 1.165) is 0 Å². The van der Waals surface area contributed by atoms with Crippen molar-refractivity contribution in [3.05, 3.63) is 97.1 Å². The van der Waals surface area contributed by atoms with E-state index in [9.17, 15) is 0 Å². The maximum Gasteiger partial charge on any atom is 0.0464 e. The molecule has 6 rings (SSSR count). The maximum absolute atomic E-state index is 3.38. The van der Waals surface area contributed by atoms with Crippen molar-refractivity contribution in [2.75, 3.05) is 0 Å². The average molecular weight is 407 g/mol. The standard InChI is InChI=1S/2C12H9N.Ga.3H/c2*1-3-7-11-9(5-1)10-6-2-4-8-12(10)13-11;;;;/h2*1-8,13H;;;;. The van der Waals surface area contributed by atoms with Crippen LogP contribution in [-0.4, -0.2) is 29.8 Å². The van der Waals surface area contributed by atoms with Crippen LogP contribution in [0.15, 0.2) is 97.1 Å². The number of H-pyrrole nitrogens is 2. The molecule has 6 aromatic rings. The second kappa shape index (κ2) is 7.39. The molecular formula is C24H21GaN2. The Morgan fingerprint density at radius 2 is 0.556 bits per heavy atom. The van der Waals surface area contributed by atoms with Gasteiger partial charge < -0.3 is 9.97 Å². The van der Waals surface area contributed by atoms with E-state index in [1.54, 1.807) is 0 Å². The van der Waals surface area contributed by atoms with Crippen molar-refractivity contribution in [3.8, 4) is 0 Å². The topological polar surface area (TPSA) is 31.6 Å². The first-order chi connectivity index (χ1) is 12.9. The van der Waals surface area contributed by atoms with Crippen molar-refractivity contribution in [1.82, 2.24) is 9.97 Å². The summed E-state index contributed by atoms with van der Waals surface area (Å²) in [7, 11) is 0. The number of aromatic nitrogens is 2. The second-order valence-electron chi connectivity index (χ2n) is 6.43. The van der Waals surface area contributed by atoms with Crippen LogP contribution in [0, 0.1) is 0 Å². The third-order valence-corrected chi connectivity index (χ3v) is 4.83. The van der Waals surface area contributed by atoms with E-state index in [1.165, 1.54) is 43.6 Å². The molecule has 4 aromatic carbocycles. The minimum atomic E-state index is 0. The Bertz CT molecular complexity index is 1140. The fraction of sp³-hybridized carbons (Fsp3) is 0. The Morgan fingerprint density at radius 1 is 0.333 bits per heavy atom. The molecule has 2 nitrogen and oxygen atoms in total. The van der Waals surface area contributed by atoms with Gasteiger partial charge in [0.25, 0.3) is 0 Å². The van der Waals surface area contributed by atoms with Crippen LogP contribution in [-0.2, 0) is 0 Å². The molecule has 0 amide bonds. The molecule has 0 aliphatic carbocycles. The van der Waals surface area contributed by atoms with E-state index in [4.69, 9.17) is 0 Å². The predicted octanol–water partition coefficient (Wildman–Crippen LogP) is 5.46. The van der Waals surface area contributed by atoms with Crippen LogP contribution in [0.2, 0.25) is 0 Å². The van der Waals surface area contributed by atoms with E-state index in [2.05, 4.69) is 107 Å². The Labute approximate surface area is 170 Å².